The van der Waals surface area contributed by atoms with Crippen molar-refractivity contribution in [1.82, 2.24) is 5.32 Å². The molecule has 1 atom stereocenters. The fourth-order valence-electron chi connectivity index (χ4n) is 2.25. The highest BCUT2D eigenvalue weighted by Gasteiger charge is 2.32. The third-order valence-electron chi connectivity index (χ3n) is 3.82. The smallest absolute Gasteiger partial charge is 0.225 e. The van der Waals surface area contributed by atoms with Crippen LogP contribution in [0, 0.1) is 18.2 Å². The number of hydrogen-bond donors (Lipinski definition) is 1. The van der Waals surface area contributed by atoms with E-state index >= 15 is 0 Å². The monoisotopic (exact) mass is 383 g/mol. The number of carbonyl (C=O) groups excluding carboxylic acids is 1. The van der Waals surface area contributed by atoms with Gasteiger partial charge in [-0.25, -0.2) is 12.8 Å². The van der Waals surface area contributed by atoms with Gasteiger partial charge in [0.15, 0.2) is 9.84 Å². The molecule has 0 spiro atoms. The van der Waals surface area contributed by atoms with Gasteiger partial charge >= 0.3 is 0 Å². The summed E-state index contributed by atoms with van der Waals surface area (Å²) in [4.78, 5) is 12.8. The van der Waals surface area contributed by atoms with Crippen molar-refractivity contribution in [3.05, 3.63) is 52.0 Å². The Hall–Kier alpha value is -1.73. The van der Waals surface area contributed by atoms with E-state index in [4.69, 9.17) is 0 Å². The van der Waals surface area contributed by atoms with Crippen LogP contribution in [-0.2, 0) is 14.6 Å². The molecule has 0 fully saturated rings. The van der Waals surface area contributed by atoms with Gasteiger partial charge in [-0.2, -0.15) is 0 Å². The highest BCUT2D eigenvalue weighted by molar-refractivity contribution is 7.91. The van der Waals surface area contributed by atoms with E-state index in [1.165, 1.54) is 30.4 Å². The van der Waals surface area contributed by atoms with Gasteiger partial charge in [-0.1, -0.05) is 26.8 Å². The van der Waals surface area contributed by atoms with Crippen LogP contribution in [0.5, 0.6) is 0 Å². The average molecular weight is 384 g/mol. The highest BCUT2D eigenvalue weighted by atomic mass is 32.2. The molecule has 7 heteroatoms. The molecule has 0 aliphatic carbocycles. The maximum absolute atomic E-state index is 13.5. The van der Waals surface area contributed by atoms with Crippen LogP contribution >= 0.6 is 11.3 Å². The minimum atomic E-state index is -3.78. The second-order valence-electron chi connectivity index (χ2n) is 6.92. The Balaban J connectivity index is 2.38. The van der Waals surface area contributed by atoms with Gasteiger partial charge in [-0.15, -0.1) is 11.3 Å². The lowest BCUT2D eigenvalue weighted by atomic mass is 9.96. The predicted octanol–water partition coefficient (Wildman–Crippen LogP) is 3.87. The van der Waals surface area contributed by atoms with Crippen LogP contribution in [0.2, 0.25) is 0 Å². The fraction of sp³-hybridized carbons (Fsp3) is 0.389. The van der Waals surface area contributed by atoms with Crippen LogP contribution in [0.4, 0.5) is 4.39 Å². The van der Waals surface area contributed by atoms with E-state index in [-0.39, 0.29) is 22.9 Å². The number of carbonyl (C=O) groups is 1. The standard InChI is InChI=1S/C18H22FNO3S2/c1-12-10-13(7-8-14(12)19)25(22,23)16(15-6-5-9-24-15)11-20-17(21)18(2,3)4/h5-10,16H,11H2,1-4H3,(H,20,21). The Labute approximate surface area is 152 Å². The maximum Gasteiger partial charge on any atom is 0.225 e. The number of hydrogen-bond acceptors (Lipinski definition) is 4. The molecule has 0 bridgehead atoms. The summed E-state index contributed by atoms with van der Waals surface area (Å²) in [5, 5.41) is 3.61. The molecule has 1 N–H and O–H groups in total. The van der Waals surface area contributed by atoms with E-state index < -0.39 is 26.3 Å². The van der Waals surface area contributed by atoms with E-state index in [0.717, 1.165) is 6.07 Å². The molecular weight excluding hydrogens is 361 g/mol. The van der Waals surface area contributed by atoms with Gasteiger partial charge in [-0.3, -0.25) is 4.79 Å². The van der Waals surface area contributed by atoms with Gasteiger partial charge in [0.05, 0.1) is 4.90 Å². The van der Waals surface area contributed by atoms with E-state index in [1.807, 2.05) is 0 Å². The maximum atomic E-state index is 13.5. The molecule has 0 radical (unpaired) electrons. The van der Waals surface area contributed by atoms with E-state index in [1.54, 1.807) is 38.3 Å². The summed E-state index contributed by atoms with van der Waals surface area (Å²) < 4.78 is 39.7. The van der Waals surface area contributed by atoms with Gasteiger partial charge in [0.25, 0.3) is 0 Å². The zero-order valence-corrected chi connectivity index (χ0v) is 16.3. The van der Waals surface area contributed by atoms with Gasteiger partial charge in [0, 0.05) is 16.8 Å². The summed E-state index contributed by atoms with van der Waals surface area (Å²) in [6, 6.07) is 7.25. The third-order valence-corrected chi connectivity index (χ3v) is 7.04. The number of benzene rings is 1. The Morgan fingerprint density at radius 2 is 1.96 bits per heavy atom. The average Bonchev–Trinajstić information content (AvgIpc) is 3.02. The van der Waals surface area contributed by atoms with Crippen molar-refractivity contribution in [2.45, 2.75) is 37.8 Å². The van der Waals surface area contributed by atoms with Gasteiger partial charge in [-0.05, 0) is 42.1 Å². The quantitative estimate of drug-likeness (QED) is 0.797. The number of rotatable bonds is 5. The Morgan fingerprint density at radius 3 is 2.48 bits per heavy atom. The molecule has 0 aliphatic heterocycles. The summed E-state index contributed by atoms with van der Waals surface area (Å²) in [5.74, 6) is -0.674. The molecule has 136 valence electrons. The van der Waals surface area contributed by atoms with Crippen molar-refractivity contribution < 1.29 is 17.6 Å². The lowest BCUT2D eigenvalue weighted by Crippen LogP contribution is -2.38. The lowest BCUT2D eigenvalue weighted by Gasteiger charge is -2.22. The van der Waals surface area contributed by atoms with Crippen LogP contribution in [-0.4, -0.2) is 20.9 Å². The molecule has 4 nitrogen and oxygen atoms in total. The fourth-order valence-corrected chi connectivity index (χ4v) is 5.11. The summed E-state index contributed by atoms with van der Waals surface area (Å²) in [6.45, 7) is 6.78. The van der Waals surface area contributed by atoms with Crippen molar-refractivity contribution in [3.63, 3.8) is 0 Å². The Morgan fingerprint density at radius 1 is 1.28 bits per heavy atom. The molecule has 0 aliphatic rings. The van der Waals surface area contributed by atoms with E-state index in [0.29, 0.717) is 4.88 Å². The first-order valence-electron chi connectivity index (χ1n) is 7.85. The van der Waals surface area contributed by atoms with Crippen LogP contribution in [0.25, 0.3) is 0 Å². The summed E-state index contributed by atoms with van der Waals surface area (Å²) in [5.41, 5.74) is -0.347. The molecule has 1 aromatic carbocycles. The Kier molecular flexibility index (Phi) is 5.68. The second kappa shape index (κ2) is 7.25. The zero-order valence-electron chi connectivity index (χ0n) is 14.7. The molecular formula is C18H22FNO3S2. The first-order chi connectivity index (χ1) is 11.5. The number of aryl methyl sites for hydroxylation is 1. The summed E-state index contributed by atoms with van der Waals surface area (Å²) >= 11 is 1.31. The topological polar surface area (TPSA) is 63.2 Å². The van der Waals surface area contributed by atoms with Crippen LogP contribution in [0.15, 0.2) is 40.6 Å². The molecule has 2 aromatic rings. The number of halogens is 1. The SMILES string of the molecule is Cc1cc(S(=O)(=O)C(CNC(=O)C(C)(C)C)c2cccs2)ccc1F. The predicted molar refractivity (Wildman–Crippen MR) is 97.8 cm³/mol. The number of sulfone groups is 1. The minimum Gasteiger partial charge on any atom is -0.354 e. The van der Waals surface area contributed by atoms with Gasteiger partial charge in [0.2, 0.25) is 5.91 Å². The highest BCUT2D eigenvalue weighted by Crippen LogP contribution is 2.32. The molecule has 1 amide bonds. The largest absolute Gasteiger partial charge is 0.354 e. The van der Waals surface area contributed by atoms with Crippen LogP contribution in [0.3, 0.4) is 0 Å². The molecule has 2 rings (SSSR count). The first kappa shape index (κ1) is 19.6. The summed E-state index contributed by atoms with van der Waals surface area (Å²) in [6.07, 6.45) is 0. The first-order valence-corrected chi connectivity index (χ1v) is 10.3. The van der Waals surface area contributed by atoms with Crippen LogP contribution in [0.1, 0.15) is 36.5 Å². The molecule has 1 unspecified atom stereocenters. The van der Waals surface area contributed by atoms with Crippen molar-refractivity contribution in [2.75, 3.05) is 6.54 Å². The van der Waals surface area contributed by atoms with Crippen LogP contribution < -0.4 is 5.32 Å². The Bertz CT molecular complexity index is 853. The second-order valence-corrected chi connectivity index (χ2v) is 10.0. The van der Waals surface area contributed by atoms with Crippen molar-refractivity contribution in [3.8, 4) is 0 Å². The van der Waals surface area contributed by atoms with Crippen molar-refractivity contribution >= 4 is 27.1 Å². The molecule has 1 heterocycles. The molecule has 25 heavy (non-hydrogen) atoms. The molecule has 1 aromatic heterocycles. The van der Waals surface area contributed by atoms with E-state index in [2.05, 4.69) is 5.32 Å². The van der Waals surface area contributed by atoms with E-state index in [9.17, 15) is 17.6 Å². The third kappa shape index (κ3) is 4.46. The number of amides is 1. The molecule has 0 saturated heterocycles. The zero-order chi connectivity index (χ0) is 18.8. The van der Waals surface area contributed by atoms with Gasteiger partial charge in [0.1, 0.15) is 11.1 Å². The van der Waals surface area contributed by atoms with Gasteiger partial charge < -0.3 is 5.32 Å². The minimum absolute atomic E-state index is 0.0324. The van der Waals surface area contributed by atoms with Crippen molar-refractivity contribution in [1.29, 1.82) is 0 Å². The normalized spacial score (nSPS) is 13.5. The van der Waals surface area contributed by atoms with Crippen molar-refractivity contribution in [2.24, 2.45) is 5.41 Å². The lowest BCUT2D eigenvalue weighted by molar-refractivity contribution is -0.128. The number of nitrogens with one attached hydrogen (secondary N) is 1. The molecule has 0 saturated carbocycles. The summed E-state index contributed by atoms with van der Waals surface area (Å²) in [7, 11) is -3.78. The number of thiophene rings is 1.